The van der Waals surface area contributed by atoms with Crippen LogP contribution in [0, 0.1) is 5.41 Å². The Balaban J connectivity index is 1.51. The van der Waals surface area contributed by atoms with Gasteiger partial charge in [-0.15, -0.1) is 0 Å². The molecule has 1 aromatic carbocycles. The number of benzene rings is 1. The molecule has 1 saturated heterocycles. The lowest BCUT2D eigenvalue weighted by Crippen LogP contribution is -2.41. The summed E-state index contributed by atoms with van der Waals surface area (Å²) in [5, 5.41) is 3.57. The highest BCUT2D eigenvalue weighted by atomic mass is 15.1. The predicted octanol–water partition coefficient (Wildman–Crippen LogP) is 4.60. The summed E-state index contributed by atoms with van der Waals surface area (Å²) in [5.41, 5.74) is 5.19. The molecule has 2 heteroatoms. The monoisotopic (exact) mass is 284 g/mol. The van der Waals surface area contributed by atoms with Crippen LogP contribution in [0.15, 0.2) is 18.2 Å². The highest BCUT2D eigenvalue weighted by Gasteiger charge is 2.36. The third-order valence-corrected chi connectivity index (χ3v) is 6.15. The van der Waals surface area contributed by atoms with Crippen LogP contribution in [0.5, 0.6) is 0 Å². The van der Waals surface area contributed by atoms with E-state index in [-0.39, 0.29) is 0 Å². The Morgan fingerprint density at radius 1 is 0.905 bits per heavy atom. The number of hydrogen-bond donors (Lipinski definition) is 1. The molecule has 2 heterocycles. The normalized spacial score (nSPS) is 24.5. The first-order valence-corrected chi connectivity index (χ1v) is 8.97. The van der Waals surface area contributed by atoms with Crippen molar-refractivity contribution < 1.29 is 0 Å². The summed E-state index contributed by atoms with van der Waals surface area (Å²) in [5.74, 6) is 0. The fraction of sp³-hybridized carbons (Fsp3) is 0.684. The second-order valence-electron chi connectivity index (χ2n) is 7.38. The molecule has 0 atom stereocenters. The summed E-state index contributed by atoms with van der Waals surface area (Å²) in [6, 6.07) is 6.84. The van der Waals surface area contributed by atoms with Crippen molar-refractivity contribution in [2.45, 2.75) is 57.8 Å². The number of piperidine rings is 1. The van der Waals surface area contributed by atoms with Gasteiger partial charge in [0.2, 0.25) is 0 Å². The first kappa shape index (κ1) is 13.5. The molecule has 0 amide bonds. The first-order chi connectivity index (χ1) is 10.4. The lowest BCUT2D eigenvalue weighted by molar-refractivity contribution is 0.144. The van der Waals surface area contributed by atoms with Gasteiger partial charge in [0.1, 0.15) is 0 Å². The first-order valence-electron chi connectivity index (χ1n) is 8.97. The summed E-state index contributed by atoms with van der Waals surface area (Å²) < 4.78 is 0. The van der Waals surface area contributed by atoms with Crippen LogP contribution < -0.4 is 10.2 Å². The van der Waals surface area contributed by atoms with E-state index in [1.54, 1.807) is 5.56 Å². The molecule has 0 radical (unpaired) electrons. The summed E-state index contributed by atoms with van der Waals surface area (Å²) in [7, 11) is 0. The number of anilines is 2. The third kappa shape index (κ3) is 2.54. The second kappa shape index (κ2) is 5.55. The molecule has 3 aliphatic rings. The fourth-order valence-electron chi connectivity index (χ4n) is 4.81. The fourth-order valence-corrected chi connectivity index (χ4v) is 4.81. The summed E-state index contributed by atoms with van der Waals surface area (Å²) in [6.07, 6.45) is 12.8. The minimum absolute atomic E-state index is 0.710. The highest BCUT2D eigenvalue weighted by molar-refractivity contribution is 5.68. The van der Waals surface area contributed by atoms with Crippen molar-refractivity contribution in [2.24, 2.45) is 5.41 Å². The van der Waals surface area contributed by atoms with E-state index < -0.39 is 0 Å². The van der Waals surface area contributed by atoms with Crippen molar-refractivity contribution in [3.8, 4) is 0 Å². The van der Waals surface area contributed by atoms with Gasteiger partial charge in [-0.1, -0.05) is 25.3 Å². The summed E-state index contributed by atoms with van der Waals surface area (Å²) in [4.78, 5) is 2.67. The molecule has 2 nitrogen and oxygen atoms in total. The Kier molecular flexibility index (Phi) is 3.56. The van der Waals surface area contributed by atoms with Gasteiger partial charge in [0.15, 0.2) is 0 Å². The van der Waals surface area contributed by atoms with Crippen molar-refractivity contribution in [3.63, 3.8) is 0 Å². The number of rotatable bonds is 1. The Labute approximate surface area is 128 Å². The van der Waals surface area contributed by atoms with Gasteiger partial charge in [-0.3, -0.25) is 0 Å². The maximum Gasteiger partial charge on any atom is 0.0419 e. The zero-order valence-corrected chi connectivity index (χ0v) is 13.2. The van der Waals surface area contributed by atoms with Crippen molar-refractivity contribution in [2.75, 3.05) is 29.9 Å². The van der Waals surface area contributed by atoms with Crippen LogP contribution in [-0.2, 0) is 6.42 Å². The van der Waals surface area contributed by atoms with E-state index in [9.17, 15) is 0 Å². The van der Waals surface area contributed by atoms with E-state index >= 15 is 0 Å². The van der Waals surface area contributed by atoms with Gasteiger partial charge >= 0.3 is 0 Å². The van der Waals surface area contributed by atoms with E-state index in [0.29, 0.717) is 5.41 Å². The minimum Gasteiger partial charge on any atom is -0.385 e. The summed E-state index contributed by atoms with van der Waals surface area (Å²) >= 11 is 0. The van der Waals surface area contributed by atoms with Crippen LogP contribution in [0.4, 0.5) is 11.4 Å². The van der Waals surface area contributed by atoms with Gasteiger partial charge < -0.3 is 10.2 Å². The molecule has 2 aliphatic heterocycles. The minimum atomic E-state index is 0.710. The Morgan fingerprint density at radius 3 is 2.52 bits per heavy atom. The Hall–Kier alpha value is -1.18. The molecular formula is C19H28N2. The topological polar surface area (TPSA) is 15.3 Å². The molecule has 1 saturated carbocycles. The molecule has 4 rings (SSSR count). The number of nitrogens with zero attached hydrogens (tertiary/aromatic N) is 1. The van der Waals surface area contributed by atoms with Gasteiger partial charge in [0.05, 0.1) is 0 Å². The molecule has 1 spiro atoms. The van der Waals surface area contributed by atoms with Gasteiger partial charge in [0, 0.05) is 31.0 Å². The number of hydrogen-bond acceptors (Lipinski definition) is 2. The van der Waals surface area contributed by atoms with E-state index in [0.717, 1.165) is 6.54 Å². The van der Waals surface area contributed by atoms with Crippen molar-refractivity contribution >= 4 is 11.4 Å². The molecule has 2 fully saturated rings. The van der Waals surface area contributed by atoms with Crippen molar-refractivity contribution in [1.82, 2.24) is 0 Å². The van der Waals surface area contributed by atoms with Gasteiger partial charge in [-0.2, -0.15) is 0 Å². The molecule has 114 valence electrons. The Morgan fingerprint density at radius 2 is 1.71 bits per heavy atom. The lowest BCUT2D eigenvalue weighted by atomic mass is 9.68. The van der Waals surface area contributed by atoms with Crippen LogP contribution in [0.25, 0.3) is 0 Å². The zero-order valence-electron chi connectivity index (χ0n) is 13.2. The average molecular weight is 284 g/mol. The quantitative estimate of drug-likeness (QED) is 0.811. The standard InChI is InChI=1S/C19H28N2/c1-2-9-19(10-3-1)11-14-21(15-12-19)18-8-4-7-17-16(18)6-5-13-20-17/h4,7-8,20H,1-3,5-6,9-15H2. The van der Waals surface area contributed by atoms with Crippen molar-refractivity contribution in [3.05, 3.63) is 23.8 Å². The molecule has 1 N–H and O–H groups in total. The molecule has 1 aromatic rings. The third-order valence-electron chi connectivity index (χ3n) is 6.15. The molecule has 1 aliphatic carbocycles. The molecule has 0 unspecified atom stereocenters. The van der Waals surface area contributed by atoms with E-state index in [1.807, 2.05) is 0 Å². The molecule has 21 heavy (non-hydrogen) atoms. The average Bonchev–Trinajstić information content (AvgIpc) is 2.56. The number of nitrogens with one attached hydrogen (secondary N) is 1. The molecular weight excluding hydrogens is 256 g/mol. The molecule has 0 bridgehead atoms. The smallest absolute Gasteiger partial charge is 0.0419 e. The maximum atomic E-state index is 3.57. The highest BCUT2D eigenvalue weighted by Crippen LogP contribution is 2.45. The summed E-state index contributed by atoms with van der Waals surface area (Å²) in [6.45, 7) is 3.69. The van der Waals surface area contributed by atoms with Crippen LogP contribution in [0.3, 0.4) is 0 Å². The molecule has 0 aromatic heterocycles. The largest absolute Gasteiger partial charge is 0.385 e. The zero-order chi connectivity index (χ0) is 14.1. The van der Waals surface area contributed by atoms with Crippen LogP contribution in [0.2, 0.25) is 0 Å². The van der Waals surface area contributed by atoms with Crippen LogP contribution in [0.1, 0.15) is 56.9 Å². The van der Waals surface area contributed by atoms with E-state index in [1.165, 1.54) is 82.3 Å². The second-order valence-corrected chi connectivity index (χ2v) is 7.38. The maximum absolute atomic E-state index is 3.57. The lowest BCUT2D eigenvalue weighted by Gasteiger charge is -2.45. The van der Waals surface area contributed by atoms with E-state index in [2.05, 4.69) is 28.4 Å². The number of fused-ring (bicyclic) bond motifs is 1. The van der Waals surface area contributed by atoms with E-state index in [4.69, 9.17) is 0 Å². The van der Waals surface area contributed by atoms with Gasteiger partial charge in [0.25, 0.3) is 0 Å². The Bertz CT molecular complexity index is 492. The van der Waals surface area contributed by atoms with Crippen LogP contribution in [-0.4, -0.2) is 19.6 Å². The van der Waals surface area contributed by atoms with Crippen molar-refractivity contribution in [1.29, 1.82) is 0 Å². The van der Waals surface area contributed by atoms with Gasteiger partial charge in [-0.05, 0) is 61.6 Å². The van der Waals surface area contributed by atoms with Gasteiger partial charge in [-0.25, -0.2) is 0 Å². The van der Waals surface area contributed by atoms with Crippen LogP contribution >= 0.6 is 0 Å². The predicted molar refractivity (Wildman–Crippen MR) is 90.2 cm³/mol. The SMILES string of the molecule is c1cc2c(c(N3CCC4(CCCCC4)CC3)c1)CCCN2.